The lowest BCUT2D eigenvalue weighted by atomic mass is 10.1. The van der Waals surface area contributed by atoms with E-state index in [9.17, 15) is 0 Å². The molecule has 2 aromatic heterocycles. The molecule has 234 valence electrons. The van der Waals surface area contributed by atoms with E-state index in [0.29, 0.717) is 0 Å². The van der Waals surface area contributed by atoms with Crippen LogP contribution in [0.3, 0.4) is 0 Å². The summed E-state index contributed by atoms with van der Waals surface area (Å²) in [5.41, 5.74) is 2.52. The fraction of sp³-hybridized carbons (Fsp3) is 0.722. The molecule has 0 aromatic carbocycles. The first-order valence-electron chi connectivity index (χ1n) is 17.3. The van der Waals surface area contributed by atoms with Gasteiger partial charge in [0.2, 0.25) is 0 Å². The first-order chi connectivity index (χ1) is 19.8. The minimum atomic E-state index is 0. The van der Waals surface area contributed by atoms with Crippen LogP contribution in [0.15, 0.2) is 49.1 Å². The van der Waals surface area contributed by atoms with Gasteiger partial charge in [0.05, 0.1) is 0 Å². The van der Waals surface area contributed by atoms with Crippen LogP contribution in [0.5, 0.6) is 0 Å². The molecule has 0 saturated carbocycles. The molecule has 0 spiro atoms. The molecule has 2 aromatic rings. The Bertz CT molecular complexity index is 740. The number of halogens is 1. The van der Waals surface area contributed by atoms with Crippen LogP contribution < -0.4 is 32.2 Å². The van der Waals surface area contributed by atoms with Crippen molar-refractivity contribution in [2.24, 2.45) is 0 Å². The molecule has 0 saturated heterocycles. The van der Waals surface area contributed by atoms with Gasteiger partial charge < -0.3 is 23.0 Å². The zero-order chi connectivity index (χ0) is 28.4. The minimum Gasteiger partial charge on any atom is -1.00 e. The van der Waals surface area contributed by atoms with E-state index < -0.39 is 0 Å². The van der Waals surface area contributed by atoms with Crippen molar-refractivity contribution in [2.75, 3.05) is 23.7 Å². The summed E-state index contributed by atoms with van der Waals surface area (Å²) < 4.78 is 4.68. The standard InChI is InChI=1S/C36H62N4.ClH/c1-3-5-7-9-15-19-27-37-35-23-31-39(32-24-35)29-21-17-13-11-12-14-18-22-30-40-33-25-36(26-34-40)38-28-20-16-10-8-6-4-2;/h23-26,31-34H,3-22,27-30H2,1-2H3;1H/p+1. The maximum absolute atomic E-state index is 3.58. The van der Waals surface area contributed by atoms with Crippen LogP contribution in [-0.2, 0) is 13.1 Å². The normalized spacial score (nSPS) is 10.9. The monoisotopic (exact) mass is 587 g/mol. The molecular formula is C36H64ClN4+. The van der Waals surface area contributed by atoms with Gasteiger partial charge in [-0.15, -0.1) is 0 Å². The third-order valence-electron chi connectivity index (χ3n) is 8.08. The molecule has 0 bridgehead atoms. The van der Waals surface area contributed by atoms with Crippen LogP contribution in [0.2, 0.25) is 0 Å². The maximum atomic E-state index is 3.58. The summed E-state index contributed by atoms with van der Waals surface area (Å²) in [5, 5.41) is 7.15. The molecule has 0 atom stereocenters. The van der Waals surface area contributed by atoms with Crippen molar-refractivity contribution in [1.29, 1.82) is 0 Å². The second kappa shape index (κ2) is 27.0. The molecule has 0 aliphatic rings. The van der Waals surface area contributed by atoms with Crippen molar-refractivity contribution in [3.8, 4) is 0 Å². The second-order valence-corrected chi connectivity index (χ2v) is 11.9. The molecule has 41 heavy (non-hydrogen) atoms. The minimum absolute atomic E-state index is 0. The van der Waals surface area contributed by atoms with Gasteiger partial charge in [-0.05, 0) is 25.7 Å². The van der Waals surface area contributed by atoms with Gasteiger partial charge in [0.1, 0.15) is 13.1 Å². The molecule has 0 radical (unpaired) electrons. The number of unbranched alkanes of at least 4 members (excludes halogenated alkanes) is 17. The zero-order valence-electron chi connectivity index (χ0n) is 26.9. The Hall–Kier alpha value is -1.81. The van der Waals surface area contributed by atoms with E-state index in [2.05, 4.69) is 82.7 Å². The van der Waals surface area contributed by atoms with Crippen LogP contribution in [0, 0.1) is 0 Å². The molecule has 2 heterocycles. The van der Waals surface area contributed by atoms with Crippen LogP contribution in [0.4, 0.5) is 11.4 Å². The van der Waals surface area contributed by atoms with Crippen molar-refractivity contribution in [3.05, 3.63) is 49.1 Å². The van der Waals surface area contributed by atoms with Gasteiger partial charge in [-0.3, -0.25) is 0 Å². The highest BCUT2D eigenvalue weighted by atomic mass is 35.5. The molecule has 0 amide bonds. The zero-order valence-corrected chi connectivity index (χ0v) is 27.6. The highest BCUT2D eigenvalue weighted by Gasteiger charge is 2.03. The van der Waals surface area contributed by atoms with Gasteiger partial charge in [0.25, 0.3) is 0 Å². The number of aromatic nitrogens is 2. The van der Waals surface area contributed by atoms with E-state index in [1.54, 1.807) is 0 Å². The average Bonchev–Trinajstić information content (AvgIpc) is 2.98. The summed E-state index contributed by atoms with van der Waals surface area (Å²) >= 11 is 0. The predicted molar refractivity (Wildman–Crippen MR) is 174 cm³/mol. The van der Waals surface area contributed by atoms with Crippen LogP contribution >= 0.6 is 0 Å². The molecule has 5 heteroatoms. The number of hydrogen-bond donors (Lipinski definition) is 2. The Morgan fingerprint density at radius 2 is 0.707 bits per heavy atom. The summed E-state index contributed by atoms with van der Waals surface area (Å²) in [6, 6.07) is 8.94. The van der Waals surface area contributed by atoms with Crippen LogP contribution in [0.25, 0.3) is 0 Å². The number of aryl methyl sites for hydroxylation is 2. The van der Waals surface area contributed by atoms with E-state index in [1.807, 2.05) is 0 Å². The lowest BCUT2D eigenvalue weighted by molar-refractivity contribution is -0.697. The number of pyridine rings is 2. The molecular weight excluding hydrogens is 524 g/mol. The Kier molecular flexibility index (Phi) is 24.6. The lowest BCUT2D eigenvalue weighted by Crippen LogP contribution is -3.00. The van der Waals surface area contributed by atoms with Gasteiger partial charge in [0, 0.05) is 61.6 Å². The molecule has 0 unspecified atom stereocenters. The van der Waals surface area contributed by atoms with Crippen molar-refractivity contribution < 1.29 is 21.5 Å². The molecule has 2 rings (SSSR count). The Morgan fingerprint density at radius 3 is 1.05 bits per heavy atom. The average molecular weight is 588 g/mol. The number of nitrogens with zero attached hydrogens (tertiary/aromatic N) is 2. The number of nitrogens with one attached hydrogen (secondary N) is 2. The van der Waals surface area contributed by atoms with Crippen molar-refractivity contribution in [1.82, 2.24) is 0 Å². The third-order valence-corrected chi connectivity index (χ3v) is 8.08. The van der Waals surface area contributed by atoms with Crippen molar-refractivity contribution in [3.63, 3.8) is 0 Å². The van der Waals surface area contributed by atoms with Crippen LogP contribution in [0.1, 0.15) is 142 Å². The highest BCUT2D eigenvalue weighted by Crippen LogP contribution is 2.11. The summed E-state index contributed by atoms with van der Waals surface area (Å²) in [6.45, 7) is 9.03. The highest BCUT2D eigenvalue weighted by molar-refractivity contribution is 5.40. The molecule has 0 aliphatic heterocycles. The number of anilines is 2. The second-order valence-electron chi connectivity index (χ2n) is 11.9. The van der Waals surface area contributed by atoms with E-state index >= 15 is 0 Å². The largest absolute Gasteiger partial charge is 1.00 e. The summed E-state index contributed by atoms with van der Waals surface area (Å²) in [7, 11) is 0. The predicted octanol–water partition coefficient (Wildman–Crippen LogP) is 6.63. The van der Waals surface area contributed by atoms with Crippen LogP contribution in [-0.4, -0.2) is 13.1 Å². The fourth-order valence-corrected chi connectivity index (χ4v) is 5.37. The van der Waals surface area contributed by atoms with E-state index in [-0.39, 0.29) is 12.4 Å². The van der Waals surface area contributed by atoms with E-state index in [0.717, 1.165) is 26.2 Å². The van der Waals surface area contributed by atoms with Gasteiger partial charge >= 0.3 is 0 Å². The van der Waals surface area contributed by atoms with Gasteiger partial charge in [-0.25, -0.2) is 9.13 Å². The summed E-state index contributed by atoms with van der Waals surface area (Å²) in [5.74, 6) is 0. The van der Waals surface area contributed by atoms with Crippen molar-refractivity contribution >= 4 is 11.4 Å². The quantitative estimate of drug-likeness (QED) is 0.0908. The van der Waals surface area contributed by atoms with Gasteiger partial charge in [-0.2, -0.15) is 0 Å². The molecule has 0 fully saturated rings. The third kappa shape index (κ3) is 20.7. The van der Waals surface area contributed by atoms with E-state index in [4.69, 9.17) is 0 Å². The van der Waals surface area contributed by atoms with E-state index in [1.165, 1.54) is 140 Å². The Balaban J connectivity index is 0.00000840. The van der Waals surface area contributed by atoms with Crippen molar-refractivity contribution in [2.45, 2.75) is 155 Å². The topological polar surface area (TPSA) is 31.8 Å². The van der Waals surface area contributed by atoms with Gasteiger partial charge in [-0.1, -0.05) is 104 Å². The first-order valence-corrected chi connectivity index (χ1v) is 17.3. The SMILES string of the molecule is CCCCCCCCNc1cc[n+](CCCCCCCCCC[n+]2ccc(NCCCCCCCC)cc2)cc1.[Cl-]. The lowest BCUT2D eigenvalue weighted by Gasteiger charge is -2.06. The Labute approximate surface area is 260 Å². The Morgan fingerprint density at radius 1 is 0.415 bits per heavy atom. The number of rotatable bonds is 27. The summed E-state index contributed by atoms with van der Waals surface area (Å²) in [6.07, 6.45) is 36.0. The molecule has 0 aliphatic carbocycles. The first kappa shape index (κ1) is 37.2. The summed E-state index contributed by atoms with van der Waals surface area (Å²) in [4.78, 5) is 0. The molecule has 2 N–H and O–H groups in total. The fourth-order valence-electron chi connectivity index (χ4n) is 5.37. The smallest absolute Gasteiger partial charge is 0.170 e. The van der Waals surface area contributed by atoms with Gasteiger partial charge in [0.15, 0.2) is 24.8 Å². The number of hydrogen-bond acceptors (Lipinski definition) is 2. The molecule has 4 nitrogen and oxygen atoms in total. The maximum Gasteiger partial charge on any atom is 0.170 e.